The number of aromatic nitrogens is 2. The molecule has 1 aromatic carbocycles. The third-order valence-corrected chi connectivity index (χ3v) is 6.51. The van der Waals surface area contributed by atoms with E-state index < -0.39 is 0 Å². The van der Waals surface area contributed by atoms with Gasteiger partial charge in [-0.1, -0.05) is 30.1 Å². The molecule has 1 amide bonds. The van der Waals surface area contributed by atoms with Crippen LogP contribution in [0, 0.1) is 5.92 Å². The van der Waals surface area contributed by atoms with Crippen LogP contribution in [0.3, 0.4) is 0 Å². The first-order chi connectivity index (χ1) is 12.9. The minimum absolute atomic E-state index is 0.123. The fraction of sp³-hybridized carbons (Fsp3) is 0.316. The van der Waals surface area contributed by atoms with Crippen molar-refractivity contribution in [2.75, 3.05) is 5.32 Å². The van der Waals surface area contributed by atoms with Gasteiger partial charge < -0.3 is 5.32 Å². The zero-order valence-electron chi connectivity index (χ0n) is 14.6. The molecular weight excluding hydrogens is 405 g/mol. The largest absolute Gasteiger partial charge is 0.323 e. The van der Waals surface area contributed by atoms with Gasteiger partial charge in [0.2, 0.25) is 5.91 Å². The van der Waals surface area contributed by atoms with Crippen molar-refractivity contribution in [2.24, 2.45) is 5.92 Å². The van der Waals surface area contributed by atoms with Crippen molar-refractivity contribution in [1.29, 1.82) is 0 Å². The average Bonchev–Trinajstić information content (AvgIpc) is 2.98. The molecule has 5 nitrogen and oxygen atoms in total. The van der Waals surface area contributed by atoms with E-state index in [0.29, 0.717) is 27.0 Å². The van der Waals surface area contributed by atoms with Crippen molar-refractivity contribution < 1.29 is 4.79 Å². The standard InChI is InChI=1S/C19H17Cl2N3O2S/c1-10-2-4-12-15(6-10)27-18-17(12)19(26)24(9-22-18)8-16(25)23-14-5-3-11(20)7-13(14)21/h3,5,7,9-10H,2,4,6,8H2,1H3,(H,23,25). The Morgan fingerprint density at radius 1 is 1.41 bits per heavy atom. The van der Waals surface area contributed by atoms with Gasteiger partial charge in [0.25, 0.3) is 5.56 Å². The zero-order chi connectivity index (χ0) is 19.1. The van der Waals surface area contributed by atoms with E-state index in [2.05, 4.69) is 17.2 Å². The first-order valence-corrected chi connectivity index (χ1v) is 10.2. The second kappa shape index (κ2) is 7.26. The summed E-state index contributed by atoms with van der Waals surface area (Å²) in [5, 5.41) is 4.21. The highest BCUT2D eigenvalue weighted by Gasteiger charge is 2.23. The Labute approximate surface area is 169 Å². The molecular formula is C19H17Cl2N3O2S. The van der Waals surface area contributed by atoms with Crippen LogP contribution in [0.4, 0.5) is 5.69 Å². The van der Waals surface area contributed by atoms with Gasteiger partial charge in [0.05, 0.1) is 22.4 Å². The molecule has 27 heavy (non-hydrogen) atoms. The van der Waals surface area contributed by atoms with E-state index in [9.17, 15) is 9.59 Å². The van der Waals surface area contributed by atoms with Crippen LogP contribution < -0.4 is 10.9 Å². The summed E-state index contributed by atoms with van der Waals surface area (Å²) >= 11 is 13.5. The van der Waals surface area contributed by atoms with E-state index in [4.69, 9.17) is 23.2 Å². The monoisotopic (exact) mass is 421 g/mol. The molecule has 0 saturated carbocycles. The Morgan fingerprint density at radius 3 is 3.00 bits per heavy atom. The Kier molecular flexibility index (Phi) is 4.97. The second-order valence-corrected chi connectivity index (χ2v) is 8.81. The number of hydrogen-bond donors (Lipinski definition) is 1. The number of nitrogens with zero attached hydrogens (tertiary/aromatic N) is 2. The molecule has 0 saturated heterocycles. The molecule has 1 aliphatic carbocycles. The molecule has 0 aliphatic heterocycles. The van der Waals surface area contributed by atoms with Crippen molar-refractivity contribution in [3.05, 3.63) is 55.4 Å². The molecule has 1 aliphatic rings. The molecule has 1 unspecified atom stereocenters. The second-order valence-electron chi connectivity index (χ2n) is 6.88. The third-order valence-electron chi connectivity index (χ3n) is 4.80. The Balaban J connectivity index is 1.61. The maximum Gasteiger partial charge on any atom is 0.262 e. The third kappa shape index (κ3) is 3.61. The van der Waals surface area contributed by atoms with Crippen molar-refractivity contribution >= 4 is 56.3 Å². The maximum absolute atomic E-state index is 12.9. The lowest BCUT2D eigenvalue weighted by Gasteiger charge is -2.17. The summed E-state index contributed by atoms with van der Waals surface area (Å²) in [5.74, 6) is 0.280. The number of aryl methyl sites for hydroxylation is 1. The van der Waals surface area contributed by atoms with E-state index in [1.54, 1.807) is 29.5 Å². The first-order valence-electron chi connectivity index (χ1n) is 8.67. The fourth-order valence-corrected chi connectivity index (χ4v) is 5.21. The lowest BCUT2D eigenvalue weighted by molar-refractivity contribution is -0.116. The highest BCUT2D eigenvalue weighted by molar-refractivity contribution is 7.18. The van der Waals surface area contributed by atoms with Gasteiger partial charge in [-0.2, -0.15) is 0 Å². The summed E-state index contributed by atoms with van der Waals surface area (Å²) in [6.07, 6.45) is 4.40. The number of anilines is 1. The number of halogens is 2. The Hall–Kier alpha value is -1.89. The maximum atomic E-state index is 12.9. The van der Waals surface area contributed by atoms with Crippen LogP contribution in [-0.4, -0.2) is 15.5 Å². The zero-order valence-corrected chi connectivity index (χ0v) is 16.9. The fourth-order valence-electron chi connectivity index (χ4n) is 3.41. The number of carbonyl (C=O) groups excluding carboxylic acids is 1. The van der Waals surface area contributed by atoms with Crippen LogP contribution >= 0.6 is 34.5 Å². The molecule has 3 aromatic rings. The number of thiophene rings is 1. The molecule has 0 bridgehead atoms. The predicted octanol–water partition coefficient (Wildman–Crippen LogP) is 4.53. The summed E-state index contributed by atoms with van der Waals surface area (Å²) in [5.41, 5.74) is 1.40. The van der Waals surface area contributed by atoms with Crippen LogP contribution in [-0.2, 0) is 24.2 Å². The van der Waals surface area contributed by atoms with Crippen LogP contribution in [0.2, 0.25) is 10.0 Å². The van der Waals surface area contributed by atoms with E-state index in [1.807, 2.05) is 0 Å². The van der Waals surface area contributed by atoms with E-state index >= 15 is 0 Å². The summed E-state index contributed by atoms with van der Waals surface area (Å²) in [7, 11) is 0. The van der Waals surface area contributed by atoms with Crippen LogP contribution in [0.25, 0.3) is 10.2 Å². The number of benzene rings is 1. The molecule has 8 heteroatoms. The van der Waals surface area contributed by atoms with Crippen molar-refractivity contribution in [3.63, 3.8) is 0 Å². The lowest BCUT2D eigenvalue weighted by atomic mass is 9.89. The SMILES string of the molecule is CC1CCc2c(sc3ncn(CC(=O)Nc4ccc(Cl)cc4Cl)c(=O)c23)C1. The quantitative estimate of drug-likeness (QED) is 0.675. The van der Waals surface area contributed by atoms with Gasteiger partial charge in [-0.15, -0.1) is 11.3 Å². The van der Waals surface area contributed by atoms with E-state index in [1.165, 1.54) is 15.8 Å². The topological polar surface area (TPSA) is 64.0 Å². The average molecular weight is 422 g/mol. The van der Waals surface area contributed by atoms with E-state index in [-0.39, 0.29) is 18.0 Å². The number of rotatable bonds is 3. The normalized spacial score (nSPS) is 16.3. The minimum atomic E-state index is -0.347. The van der Waals surface area contributed by atoms with Crippen molar-refractivity contribution in [3.8, 4) is 0 Å². The summed E-state index contributed by atoms with van der Waals surface area (Å²) in [6, 6.07) is 4.82. The highest BCUT2D eigenvalue weighted by atomic mass is 35.5. The summed E-state index contributed by atoms with van der Waals surface area (Å²) < 4.78 is 1.35. The molecule has 140 valence electrons. The summed E-state index contributed by atoms with van der Waals surface area (Å²) in [4.78, 5) is 31.8. The molecule has 4 rings (SSSR count). The molecule has 1 atom stereocenters. The number of hydrogen-bond acceptors (Lipinski definition) is 4. The van der Waals surface area contributed by atoms with Gasteiger partial charge in [-0.05, 0) is 48.9 Å². The predicted molar refractivity (Wildman–Crippen MR) is 110 cm³/mol. The van der Waals surface area contributed by atoms with Gasteiger partial charge in [-0.25, -0.2) is 4.98 Å². The molecule has 2 aromatic heterocycles. The Bertz CT molecular complexity index is 1110. The van der Waals surface area contributed by atoms with Crippen molar-refractivity contribution in [1.82, 2.24) is 9.55 Å². The number of nitrogens with one attached hydrogen (secondary N) is 1. The van der Waals surface area contributed by atoms with Gasteiger partial charge >= 0.3 is 0 Å². The van der Waals surface area contributed by atoms with Gasteiger partial charge in [0, 0.05) is 9.90 Å². The summed E-state index contributed by atoms with van der Waals surface area (Å²) in [6.45, 7) is 2.10. The Morgan fingerprint density at radius 2 is 2.22 bits per heavy atom. The molecule has 1 N–H and O–H groups in total. The molecule has 0 radical (unpaired) electrons. The van der Waals surface area contributed by atoms with Gasteiger partial charge in [0.1, 0.15) is 11.4 Å². The highest BCUT2D eigenvalue weighted by Crippen LogP contribution is 2.35. The smallest absolute Gasteiger partial charge is 0.262 e. The van der Waals surface area contributed by atoms with Crippen molar-refractivity contribution in [2.45, 2.75) is 32.7 Å². The number of fused-ring (bicyclic) bond motifs is 3. The molecule has 0 spiro atoms. The number of carbonyl (C=O) groups is 1. The molecule has 0 fully saturated rings. The van der Waals surface area contributed by atoms with E-state index in [0.717, 1.165) is 29.7 Å². The molecule has 2 heterocycles. The first kappa shape index (κ1) is 18.5. The minimum Gasteiger partial charge on any atom is -0.323 e. The lowest BCUT2D eigenvalue weighted by Crippen LogP contribution is -2.28. The van der Waals surface area contributed by atoms with Crippen LogP contribution in [0.15, 0.2) is 29.3 Å². The van der Waals surface area contributed by atoms with Gasteiger partial charge in [0.15, 0.2) is 0 Å². The van der Waals surface area contributed by atoms with Crippen LogP contribution in [0.1, 0.15) is 23.8 Å². The van der Waals surface area contributed by atoms with Gasteiger partial charge in [-0.3, -0.25) is 14.2 Å². The van der Waals surface area contributed by atoms with Crippen LogP contribution in [0.5, 0.6) is 0 Å². The number of amides is 1.